The summed E-state index contributed by atoms with van der Waals surface area (Å²) in [5.74, 6) is 0.800. The van der Waals surface area contributed by atoms with E-state index in [0.29, 0.717) is 0 Å². The molecular weight excluding hydrogens is 222 g/mol. The third kappa shape index (κ3) is 3.87. The molecular formula is C12H17NO2S. The van der Waals surface area contributed by atoms with Crippen LogP contribution in [0.5, 0.6) is 5.75 Å². The van der Waals surface area contributed by atoms with Crippen LogP contribution in [0.3, 0.4) is 0 Å². The van der Waals surface area contributed by atoms with Crippen LogP contribution in [0.1, 0.15) is 26.3 Å². The highest BCUT2D eigenvalue weighted by molar-refractivity contribution is 7.91. The van der Waals surface area contributed by atoms with Crippen molar-refractivity contribution in [3.05, 3.63) is 29.8 Å². The van der Waals surface area contributed by atoms with E-state index in [1.807, 2.05) is 45.0 Å². The molecule has 0 aliphatic carbocycles. The summed E-state index contributed by atoms with van der Waals surface area (Å²) in [6.07, 6.45) is 1.63. The smallest absolute Gasteiger partial charge is 0.144 e. The molecule has 0 saturated carbocycles. The van der Waals surface area contributed by atoms with Crippen molar-refractivity contribution in [3.63, 3.8) is 0 Å². The van der Waals surface area contributed by atoms with Gasteiger partial charge in [0.1, 0.15) is 21.9 Å². The molecule has 0 amide bonds. The zero-order valence-electron chi connectivity index (χ0n) is 10.1. The lowest BCUT2D eigenvalue weighted by molar-refractivity contribution is 0.415. The maximum atomic E-state index is 11.6. The molecule has 0 N–H and O–H groups in total. The SMILES string of the molecule is COc1ccc(C=N[S@@+]([O-])C(C)(C)C)cc1. The van der Waals surface area contributed by atoms with E-state index in [-0.39, 0.29) is 4.75 Å². The first-order valence-electron chi connectivity index (χ1n) is 5.03. The number of ether oxygens (including phenoxy) is 1. The molecule has 1 aromatic rings. The maximum Gasteiger partial charge on any atom is 0.144 e. The van der Waals surface area contributed by atoms with Gasteiger partial charge < -0.3 is 9.29 Å². The average molecular weight is 239 g/mol. The lowest BCUT2D eigenvalue weighted by Crippen LogP contribution is -2.25. The molecule has 0 bridgehead atoms. The molecule has 0 spiro atoms. The van der Waals surface area contributed by atoms with E-state index in [0.717, 1.165) is 11.3 Å². The molecule has 1 aromatic carbocycles. The monoisotopic (exact) mass is 239 g/mol. The molecule has 4 heteroatoms. The fourth-order valence-corrected chi connectivity index (χ4v) is 1.49. The van der Waals surface area contributed by atoms with Crippen LogP contribution in [0.15, 0.2) is 28.7 Å². The normalized spacial score (nSPS) is 14.1. The standard InChI is InChI=1S/C12H17NO2S/c1-12(2,3)16(14)13-9-10-5-7-11(15-4)8-6-10/h5-9H,1-4H3/t16-/m0/s1. The third-order valence-electron chi connectivity index (χ3n) is 1.94. The topological polar surface area (TPSA) is 44.6 Å². The molecule has 1 atom stereocenters. The summed E-state index contributed by atoms with van der Waals surface area (Å²) >= 11 is -1.21. The van der Waals surface area contributed by atoms with Gasteiger partial charge in [0.05, 0.1) is 13.3 Å². The summed E-state index contributed by atoms with van der Waals surface area (Å²) in [7, 11) is 1.62. The van der Waals surface area contributed by atoms with Crippen LogP contribution in [-0.4, -0.2) is 22.6 Å². The number of rotatable bonds is 3. The Hall–Kier alpha value is -1.00. The third-order valence-corrected chi connectivity index (χ3v) is 3.28. The number of hydrogen-bond donors (Lipinski definition) is 0. The number of benzene rings is 1. The Balaban J connectivity index is 2.69. The van der Waals surface area contributed by atoms with Crippen LogP contribution in [-0.2, 0) is 11.4 Å². The number of nitrogens with zero attached hydrogens (tertiary/aromatic N) is 1. The first-order valence-corrected chi connectivity index (χ1v) is 6.14. The van der Waals surface area contributed by atoms with Gasteiger partial charge in [-0.15, -0.1) is 0 Å². The van der Waals surface area contributed by atoms with Crippen LogP contribution < -0.4 is 4.74 Å². The van der Waals surface area contributed by atoms with Gasteiger partial charge in [-0.25, -0.2) is 0 Å². The maximum absolute atomic E-state index is 11.6. The van der Waals surface area contributed by atoms with Gasteiger partial charge in [-0.1, -0.05) is 4.40 Å². The predicted molar refractivity (Wildman–Crippen MR) is 68.5 cm³/mol. The van der Waals surface area contributed by atoms with Crippen molar-refractivity contribution in [3.8, 4) is 5.75 Å². The Morgan fingerprint density at radius 1 is 1.25 bits per heavy atom. The van der Waals surface area contributed by atoms with Crippen molar-refractivity contribution in [2.24, 2.45) is 4.40 Å². The molecule has 0 aromatic heterocycles. The molecule has 3 nitrogen and oxygen atoms in total. The summed E-state index contributed by atoms with van der Waals surface area (Å²) in [5, 5.41) is 0. The Morgan fingerprint density at radius 2 is 1.81 bits per heavy atom. The minimum Gasteiger partial charge on any atom is -0.591 e. The molecule has 88 valence electrons. The van der Waals surface area contributed by atoms with E-state index in [9.17, 15) is 4.55 Å². The van der Waals surface area contributed by atoms with E-state index in [1.54, 1.807) is 13.3 Å². The minimum atomic E-state index is -1.21. The average Bonchev–Trinajstić information content (AvgIpc) is 2.25. The van der Waals surface area contributed by atoms with Crippen molar-refractivity contribution in [2.75, 3.05) is 7.11 Å². The molecule has 0 aliphatic rings. The fourth-order valence-electron chi connectivity index (χ4n) is 0.957. The second-order valence-electron chi connectivity index (χ2n) is 4.37. The van der Waals surface area contributed by atoms with Crippen LogP contribution in [0.25, 0.3) is 0 Å². The van der Waals surface area contributed by atoms with Gasteiger partial charge in [-0.3, -0.25) is 0 Å². The van der Waals surface area contributed by atoms with E-state index in [4.69, 9.17) is 4.74 Å². The van der Waals surface area contributed by atoms with Gasteiger partial charge in [0.2, 0.25) is 0 Å². The number of methoxy groups -OCH3 is 1. The number of hydrogen-bond acceptors (Lipinski definition) is 3. The quantitative estimate of drug-likeness (QED) is 0.601. The molecule has 0 unspecified atom stereocenters. The van der Waals surface area contributed by atoms with Crippen molar-refractivity contribution in [1.29, 1.82) is 0 Å². The molecule has 0 saturated heterocycles. The zero-order chi connectivity index (χ0) is 12.2. The molecule has 16 heavy (non-hydrogen) atoms. The van der Waals surface area contributed by atoms with Gasteiger partial charge in [0.15, 0.2) is 0 Å². The molecule has 0 heterocycles. The van der Waals surface area contributed by atoms with Gasteiger partial charge in [0.25, 0.3) is 0 Å². The molecule has 0 fully saturated rings. The summed E-state index contributed by atoms with van der Waals surface area (Å²) in [6, 6.07) is 7.45. The molecule has 0 aliphatic heterocycles. The molecule has 1 rings (SSSR count). The summed E-state index contributed by atoms with van der Waals surface area (Å²) < 4.78 is 20.4. The second-order valence-corrected chi connectivity index (χ2v) is 6.30. The Labute approximate surface area is 99.9 Å². The van der Waals surface area contributed by atoms with E-state index < -0.39 is 11.4 Å². The summed E-state index contributed by atoms with van der Waals surface area (Å²) in [4.78, 5) is 0. The lowest BCUT2D eigenvalue weighted by atomic mass is 10.2. The van der Waals surface area contributed by atoms with Crippen molar-refractivity contribution in [2.45, 2.75) is 25.5 Å². The van der Waals surface area contributed by atoms with E-state index in [1.165, 1.54) is 0 Å². The highest BCUT2D eigenvalue weighted by atomic mass is 32.2. The predicted octanol–water partition coefficient (Wildman–Crippen LogP) is 2.58. The first kappa shape index (κ1) is 13.1. The van der Waals surface area contributed by atoms with Gasteiger partial charge in [-0.05, 0) is 50.6 Å². The van der Waals surface area contributed by atoms with E-state index in [2.05, 4.69) is 4.40 Å². The van der Waals surface area contributed by atoms with Crippen molar-refractivity contribution < 1.29 is 9.29 Å². The highest BCUT2D eigenvalue weighted by Crippen LogP contribution is 2.17. The fraction of sp³-hybridized carbons (Fsp3) is 0.417. The summed E-state index contributed by atoms with van der Waals surface area (Å²) in [6.45, 7) is 5.69. The Kier molecular flexibility index (Phi) is 4.38. The molecule has 0 radical (unpaired) electrons. The zero-order valence-corrected chi connectivity index (χ0v) is 10.9. The van der Waals surface area contributed by atoms with Gasteiger partial charge in [0, 0.05) is 0 Å². The van der Waals surface area contributed by atoms with Crippen LogP contribution in [0, 0.1) is 0 Å². The van der Waals surface area contributed by atoms with Crippen LogP contribution in [0.4, 0.5) is 0 Å². The first-order chi connectivity index (χ1) is 7.43. The minimum absolute atomic E-state index is 0.316. The van der Waals surface area contributed by atoms with Crippen molar-refractivity contribution >= 4 is 17.6 Å². The van der Waals surface area contributed by atoms with Crippen LogP contribution >= 0.6 is 0 Å². The van der Waals surface area contributed by atoms with Gasteiger partial charge >= 0.3 is 0 Å². The van der Waals surface area contributed by atoms with Crippen LogP contribution in [0.2, 0.25) is 0 Å². The van der Waals surface area contributed by atoms with Gasteiger partial charge in [-0.2, -0.15) is 0 Å². The van der Waals surface area contributed by atoms with E-state index >= 15 is 0 Å². The largest absolute Gasteiger partial charge is 0.591 e. The second kappa shape index (κ2) is 5.37. The summed E-state index contributed by atoms with van der Waals surface area (Å²) in [5.41, 5.74) is 0.915. The lowest BCUT2D eigenvalue weighted by Gasteiger charge is -2.17. The Bertz CT molecular complexity index is 354. The van der Waals surface area contributed by atoms with Crippen molar-refractivity contribution in [1.82, 2.24) is 0 Å². The highest BCUT2D eigenvalue weighted by Gasteiger charge is 2.25. The Morgan fingerprint density at radius 3 is 2.25 bits per heavy atom.